The number of halogens is 2. The van der Waals surface area contributed by atoms with Crippen molar-refractivity contribution in [3.63, 3.8) is 0 Å². The van der Waals surface area contributed by atoms with Crippen LogP contribution in [0, 0.1) is 18.6 Å². The van der Waals surface area contributed by atoms with E-state index in [2.05, 4.69) is 15.6 Å². The van der Waals surface area contributed by atoms with Crippen LogP contribution in [0.4, 0.5) is 8.78 Å². The highest BCUT2D eigenvalue weighted by Crippen LogP contribution is 2.21. The van der Waals surface area contributed by atoms with Gasteiger partial charge in [-0.1, -0.05) is 30.0 Å². The molecule has 128 valence electrons. The Labute approximate surface area is 147 Å². The lowest BCUT2D eigenvalue weighted by molar-refractivity contribution is 0.100. The van der Waals surface area contributed by atoms with Crippen LogP contribution in [-0.4, -0.2) is 20.8 Å². The Morgan fingerprint density at radius 2 is 1.84 bits per heavy atom. The Kier molecular flexibility index (Phi) is 5.08. The van der Waals surface area contributed by atoms with Crippen molar-refractivity contribution in [3.8, 4) is 0 Å². The number of aryl methyl sites for hydroxylation is 1. The van der Waals surface area contributed by atoms with Gasteiger partial charge in [0.1, 0.15) is 17.5 Å². The fourth-order valence-electron chi connectivity index (χ4n) is 2.14. The Morgan fingerprint density at radius 1 is 1.12 bits per heavy atom. The molecular weight excluding hydrogens is 346 g/mol. The van der Waals surface area contributed by atoms with Gasteiger partial charge in [-0.15, -0.1) is 10.2 Å². The Hall–Kier alpha value is -2.74. The van der Waals surface area contributed by atoms with Gasteiger partial charge in [-0.2, -0.15) is 0 Å². The minimum atomic E-state index is -0.492. The molecule has 0 saturated carbocycles. The van der Waals surface area contributed by atoms with Gasteiger partial charge in [0.05, 0.1) is 0 Å². The van der Waals surface area contributed by atoms with Crippen LogP contribution in [0.15, 0.2) is 53.7 Å². The van der Waals surface area contributed by atoms with Crippen molar-refractivity contribution >= 4 is 17.7 Å². The molecule has 8 heteroatoms. The predicted octanol–water partition coefficient (Wildman–Crippen LogP) is 3.54. The molecule has 0 radical (unpaired) electrons. The van der Waals surface area contributed by atoms with Crippen LogP contribution >= 0.6 is 11.8 Å². The monoisotopic (exact) mass is 360 g/mol. The highest BCUT2D eigenvalue weighted by Gasteiger charge is 2.14. The molecule has 3 aromatic rings. The van der Waals surface area contributed by atoms with Gasteiger partial charge in [-0.05, 0) is 42.8 Å². The van der Waals surface area contributed by atoms with E-state index in [1.807, 2.05) is 0 Å². The summed E-state index contributed by atoms with van der Waals surface area (Å²) in [5.41, 5.74) is 3.62. The first-order chi connectivity index (χ1) is 12.0. The number of carbonyl (C=O) groups is 1. The molecule has 1 N–H and O–H groups in total. The van der Waals surface area contributed by atoms with Crippen molar-refractivity contribution < 1.29 is 13.6 Å². The molecule has 0 aliphatic heterocycles. The largest absolute Gasteiger partial charge is 0.270 e. The quantitative estimate of drug-likeness (QED) is 0.707. The van der Waals surface area contributed by atoms with Crippen molar-refractivity contribution in [2.24, 2.45) is 0 Å². The van der Waals surface area contributed by atoms with Gasteiger partial charge in [-0.3, -0.25) is 10.2 Å². The lowest BCUT2D eigenvalue weighted by Gasteiger charge is -2.10. The summed E-state index contributed by atoms with van der Waals surface area (Å²) in [6, 6.07) is 11.6. The minimum Gasteiger partial charge on any atom is -0.267 e. The number of carbonyl (C=O) groups excluding carboxylic acids is 1. The van der Waals surface area contributed by atoms with Crippen molar-refractivity contribution in [1.29, 1.82) is 0 Å². The third-order valence-corrected chi connectivity index (χ3v) is 4.35. The lowest BCUT2D eigenvalue weighted by atomic mass is 10.2. The third kappa shape index (κ3) is 4.21. The average molecular weight is 360 g/mol. The normalized spacial score (nSPS) is 10.7. The summed E-state index contributed by atoms with van der Waals surface area (Å²) >= 11 is 1.30. The van der Waals surface area contributed by atoms with Gasteiger partial charge in [0.25, 0.3) is 5.91 Å². The number of hydrogen-bond donors (Lipinski definition) is 1. The molecule has 0 unspecified atom stereocenters. The van der Waals surface area contributed by atoms with E-state index in [9.17, 15) is 13.6 Å². The summed E-state index contributed by atoms with van der Waals surface area (Å²) in [5, 5.41) is 8.40. The summed E-state index contributed by atoms with van der Waals surface area (Å²) < 4.78 is 27.9. The molecule has 0 saturated heterocycles. The standard InChI is InChI=1S/C17H14F2N4OS/c1-11-20-21-17(25-10-12-4-2-6-14(18)8-12)23(11)22-16(24)13-5-3-7-15(19)9-13/h2-9H,10H2,1H3,(H,22,24). The SMILES string of the molecule is Cc1nnc(SCc2cccc(F)c2)n1NC(=O)c1cccc(F)c1. The summed E-state index contributed by atoms with van der Waals surface area (Å²) in [4.78, 5) is 12.3. The van der Waals surface area contributed by atoms with E-state index in [0.29, 0.717) is 16.7 Å². The first-order valence-corrected chi connectivity index (χ1v) is 8.37. The van der Waals surface area contributed by atoms with E-state index in [1.165, 1.54) is 46.8 Å². The molecule has 0 aliphatic rings. The highest BCUT2D eigenvalue weighted by molar-refractivity contribution is 7.98. The van der Waals surface area contributed by atoms with E-state index in [1.54, 1.807) is 19.1 Å². The number of hydrogen-bond acceptors (Lipinski definition) is 4. The molecule has 0 atom stereocenters. The number of rotatable bonds is 5. The van der Waals surface area contributed by atoms with E-state index in [-0.39, 0.29) is 11.4 Å². The predicted molar refractivity (Wildman–Crippen MR) is 90.8 cm³/mol. The van der Waals surface area contributed by atoms with Crippen LogP contribution in [0.1, 0.15) is 21.7 Å². The van der Waals surface area contributed by atoms with Crippen LogP contribution < -0.4 is 5.43 Å². The first kappa shape index (κ1) is 17.1. The van der Waals surface area contributed by atoms with Crippen LogP contribution in [-0.2, 0) is 5.75 Å². The minimum absolute atomic E-state index is 0.189. The molecule has 1 aromatic heterocycles. The Bertz CT molecular complexity index is 913. The fourth-order valence-corrected chi connectivity index (χ4v) is 3.02. The summed E-state index contributed by atoms with van der Waals surface area (Å²) in [6.45, 7) is 1.69. The molecule has 0 bridgehead atoms. The van der Waals surface area contributed by atoms with E-state index >= 15 is 0 Å². The molecule has 0 fully saturated rings. The van der Waals surface area contributed by atoms with Crippen LogP contribution in [0.3, 0.4) is 0 Å². The maximum absolute atomic E-state index is 13.3. The molecule has 0 spiro atoms. The van der Waals surface area contributed by atoms with Crippen molar-refractivity contribution in [3.05, 3.63) is 77.1 Å². The second kappa shape index (κ2) is 7.43. The zero-order chi connectivity index (χ0) is 17.8. The van der Waals surface area contributed by atoms with Gasteiger partial charge >= 0.3 is 0 Å². The number of benzene rings is 2. The fraction of sp³-hybridized carbons (Fsp3) is 0.118. The first-order valence-electron chi connectivity index (χ1n) is 7.39. The molecule has 1 amide bonds. The van der Waals surface area contributed by atoms with Crippen molar-refractivity contribution in [2.75, 3.05) is 5.43 Å². The van der Waals surface area contributed by atoms with Gasteiger partial charge < -0.3 is 0 Å². The summed E-state index contributed by atoms with van der Waals surface area (Å²) in [5.74, 6) is -0.336. The van der Waals surface area contributed by atoms with E-state index in [4.69, 9.17) is 0 Å². The second-order valence-corrected chi connectivity index (χ2v) is 6.18. The van der Waals surface area contributed by atoms with Crippen LogP contribution in [0.5, 0.6) is 0 Å². The molecule has 1 heterocycles. The topological polar surface area (TPSA) is 59.8 Å². The van der Waals surface area contributed by atoms with Crippen molar-refractivity contribution in [2.45, 2.75) is 17.8 Å². The molecule has 2 aromatic carbocycles. The highest BCUT2D eigenvalue weighted by atomic mass is 32.2. The van der Waals surface area contributed by atoms with Gasteiger partial charge in [0.15, 0.2) is 0 Å². The molecule has 25 heavy (non-hydrogen) atoms. The number of nitrogens with one attached hydrogen (secondary N) is 1. The van der Waals surface area contributed by atoms with Gasteiger partial charge in [0, 0.05) is 11.3 Å². The van der Waals surface area contributed by atoms with E-state index < -0.39 is 11.7 Å². The van der Waals surface area contributed by atoms with Gasteiger partial charge in [-0.25, -0.2) is 13.5 Å². The smallest absolute Gasteiger partial charge is 0.267 e. The third-order valence-electron chi connectivity index (χ3n) is 3.35. The summed E-state index contributed by atoms with van der Waals surface area (Å²) in [7, 11) is 0. The molecule has 0 aliphatic carbocycles. The van der Waals surface area contributed by atoms with Gasteiger partial charge in [0.2, 0.25) is 5.16 Å². The zero-order valence-electron chi connectivity index (χ0n) is 13.2. The lowest BCUT2D eigenvalue weighted by Crippen LogP contribution is -2.24. The molecule has 5 nitrogen and oxygen atoms in total. The second-order valence-electron chi connectivity index (χ2n) is 5.24. The number of amides is 1. The zero-order valence-corrected chi connectivity index (χ0v) is 14.1. The van der Waals surface area contributed by atoms with Crippen LogP contribution in [0.25, 0.3) is 0 Å². The van der Waals surface area contributed by atoms with E-state index in [0.717, 1.165) is 11.6 Å². The molecular formula is C17H14F2N4OS. The number of thioether (sulfide) groups is 1. The maximum Gasteiger partial charge on any atom is 0.270 e. The Balaban J connectivity index is 1.74. The van der Waals surface area contributed by atoms with Crippen LogP contribution in [0.2, 0.25) is 0 Å². The summed E-state index contributed by atoms with van der Waals surface area (Å²) in [6.07, 6.45) is 0. The number of aromatic nitrogens is 3. The number of nitrogens with zero attached hydrogens (tertiary/aromatic N) is 3. The average Bonchev–Trinajstić information content (AvgIpc) is 2.93. The molecule has 3 rings (SSSR count). The maximum atomic E-state index is 13.3. The van der Waals surface area contributed by atoms with Crippen molar-refractivity contribution in [1.82, 2.24) is 14.9 Å². The Morgan fingerprint density at radius 3 is 2.56 bits per heavy atom.